The number of hydrogen-bond acceptors (Lipinski definition) is 3. The van der Waals surface area contributed by atoms with Gasteiger partial charge in [-0.05, 0) is 46.1 Å². The minimum absolute atomic E-state index is 0.795. The van der Waals surface area contributed by atoms with Crippen molar-refractivity contribution >= 4 is 21.7 Å². The third-order valence-electron chi connectivity index (χ3n) is 2.57. The lowest BCUT2D eigenvalue weighted by Crippen LogP contribution is -2.18. The van der Waals surface area contributed by atoms with Gasteiger partial charge in [-0.1, -0.05) is 6.07 Å². The molecule has 0 unspecified atom stereocenters. The second-order valence-electron chi connectivity index (χ2n) is 3.98. The van der Waals surface area contributed by atoms with E-state index < -0.39 is 0 Å². The van der Waals surface area contributed by atoms with Crippen molar-refractivity contribution < 1.29 is 0 Å². The third-order valence-corrected chi connectivity index (χ3v) is 3.55. The highest BCUT2D eigenvalue weighted by Crippen LogP contribution is 2.26. The number of pyridine rings is 2. The normalized spacial score (nSPS) is 10.3. The van der Waals surface area contributed by atoms with Gasteiger partial charge in [0, 0.05) is 32.2 Å². The van der Waals surface area contributed by atoms with Crippen LogP contribution in [0.4, 0.5) is 5.82 Å². The van der Waals surface area contributed by atoms with Crippen LogP contribution >= 0.6 is 15.9 Å². The van der Waals surface area contributed by atoms with E-state index in [-0.39, 0.29) is 0 Å². The van der Waals surface area contributed by atoms with E-state index in [1.807, 2.05) is 31.6 Å². The molecular weight excluding hydrogens is 278 g/mol. The first-order valence-corrected chi connectivity index (χ1v) is 6.19. The maximum Gasteiger partial charge on any atom is 0.143 e. The molecule has 0 aliphatic heterocycles. The summed E-state index contributed by atoms with van der Waals surface area (Å²) in [6.07, 6.45) is 5.49. The number of nitrogens with zero attached hydrogens (tertiary/aromatic N) is 3. The molecule has 0 bridgehead atoms. The van der Waals surface area contributed by atoms with Crippen molar-refractivity contribution in [3.63, 3.8) is 0 Å². The molecular formula is C13H14BrN3. The zero-order valence-electron chi connectivity index (χ0n) is 9.89. The highest BCUT2D eigenvalue weighted by molar-refractivity contribution is 9.10. The van der Waals surface area contributed by atoms with Crippen molar-refractivity contribution in [2.75, 3.05) is 11.9 Å². The third kappa shape index (κ3) is 2.82. The standard InChI is InChI=1S/C13H14BrN3/c1-10-5-7-16-13(12(10)14)17(2)9-11-4-3-6-15-8-11/h3-8H,9H2,1-2H3. The molecule has 4 heteroatoms. The van der Waals surface area contributed by atoms with Gasteiger partial charge in [-0.2, -0.15) is 0 Å². The van der Waals surface area contributed by atoms with Gasteiger partial charge in [-0.25, -0.2) is 4.98 Å². The summed E-state index contributed by atoms with van der Waals surface area (Å²) in [6, 6.07) is 6.00. The Hall–Kier alpha value is -1.42. The van der Waals surface area contributed by atoms with Gasteiger partial charge in [-0.15, -0.1) is 0 Å². The molecule has 0 atom stereocenters. The van der Waals surface area contributed by atoms with Crippen LogP contribution < -0.4 is 4.90 Å². The van der Waals surface area contributed by atoms with Crippen molar-refractivity contribution in [3.8, 4) is 0 Å². The molecule has 0 saturated carbocycles. The molecule has 2 rings (SSSR count). The fourth-order valence-electron chi connectivity index (χ4n) is 1.63. The van der Waals surface area contributed by atoms with Crippen LogP contribution in [0.3, 0.4) is 0 Å². The van der Waals surface area contributed by atoms with Crippen LogP contribution in [0, 0.1) is 6.92 Å². The zero-order chi connectivity index (χ0) is 12.3. The molecule has 2 aromatic heterocycles. The van der Waals surface area contributed by atoms with Crippen LogP contribution in [0.1, 0.15) is 11.1 Å². The van der Waals surface area contributed by atoms with Crippen LogP contribution in [-0.2, 0) is 6.54 Å². The number of aromatic nitrogens is 2. The van der Waals surface area contributed by atoms with Gasteiger partial charge in [0.25, 0.3) is 0 Å². The SMILES string of the molecule is Cc1ccnc(N(C)Cc2cccnc2)c1Br. The van der Waals surface area contributed by atoms with E-state index in [1.165, 1.54) is 11.1 Å². The van der Waals surface area contributed by atoms with E-state index in [1.54, 1.807) is 6.20 Å². The summed E-state index contributed by atoms with van der Waals surface area (Å²) in [5.41, 5.74) is 2.36. The van der Waals surface area contributed by atoms with E-state index in [0.717, 1.165) is 16.8 Å². The molecule has 0 aromatic carbocycles. The van der Waals surface area contributed by atoms with Crippen LogP contribution in [0.15, 0.2) is 41.3 Å². The molecule has 17 heavy (non-hydrogen) atoms. The lowest BCUT2D eigenvalue weighted by Gasteiger charge is -2.20. The summed E-state index contributed by atoms with van der Waals surface area (Å²) in [5, 5.41) is 0. The van der Waals surface area contributed by atoms with Gasteiger partial charge in [0.2, 0.25) is 0 Å². The number of halogens is 1. The Labute approximate surface area is 110 Å². The number of aryl methyl sites for hydroxylation is 1. The molecule has 0 spiro atoms. The van der Waals surface area contributed by atoms with E-state index >= 15 is 0 Å². The molecule has 0 amide bonds. The minimum Gasteiger partial charge on any atom is -0.354 e. The van der Waals surface area contributed by atoms with Gasteiger partial charge in [0.05, 0.1) is 4.47 Å². The fraction of sp³-hybridized carbons (Fsp3) is 0.231. The van der Waals surface area contributed by atoms with Gasteiger partial charge in [0.15, 0.2) is 0 Å². The van der Waals surface area contributed by atoms with Gasteiger partial charge < -0.3 is 4.90 Å². The average molecular weight is 292 g/mol. The summed E-state index contributed by atoms with van der Waals surface area (Å²) in [4.78, 5) is 10.6. The molecule has 3 nitrogen and oxygen atoms in total. The molecule has 2 heterocycles. The topological polar surface area (TPSA) is 29.0 Å². The Balaban J connectivity index is 2.20. The molecule has 0 saturated heterocycles. The molecule has 0 N–H and O–H groups in total. The van der Waals surface area contributed by atoms with E-state index in [2.05, 4.69) is 43.8 Å². The van der Waals surface area contributed by atoms with Crippen LogP contribution in [-0.4, -0.2) is 17.0 Å². The summed E-state index contributed by atoms with van der Waals surface area (Å²) >= 11 is 3.57. The van der Waals surface area contributed by atoms with Gasteiger partial charge in [0.1, 0.15) is 5.82 Å². The van der Waals surface area contributed by atoms with Crippen LogP contribution in [0.25, 0.3) is 0 Å². The molecule has 2 aromatic rings. The Morgan fingerprint density at radius 2 is 2.12 bits per heavy atom. The monoisotopic (exact) mass is 291 g/mol. The maximum atomic E-state index is 4.39. The van der Waals surface area contributed by atoms with Crippen molar-refractivity contribution in [3.05, 3.63) is 52.4 Å². The zero-order valence-corrected chi connectivity index (χ0v) is 11.5. The Morgan fingerprint density at radius 1 is 1.29 bits per heavy atom. The summed E-state index contributed by atoms with van der Waals surface area (Å²) in [6.45, 7) is 2.86. The largest absolute Gasteiger partial charge is 0.354 e. The van der Waals surface area contributed by atoms with Crippen molar-refractivity contribution in [1.29, 1.82) is 0 Å². The van der Waals surface area contributed by atoms with Crippen molar-refractivity contribution in [1.82, 2.24) is 9.97 Å². The quantitative estimate of drug-likeness (QED) is 0.870. The first kappa shape index (κ1) is 12.0. The lowest BCUT2D eigenvalue weighted by atomic mass is 10.2. The van der Waals surface area contributed by atoms with Crippen molar-refractivity contribution in [2.45, 2.75) is 13.5 Å². The van der Waals surface area contributed by atoms with Gasteiger partial charge in [-0.3, -0.25) is 4.98 Å². The Kier molecular flexibility index (Phi) is 3.74. The predicted octanol–water partition coefficient (Wildman–Crippen LogP) is 3.18. The van der Waals surface area contributed by atoms with Crippen LogP contribution in [0.5, 0.6) is 0 Å². The van der Waals surface area contributed by atoms with Crippen molar-refractivity contribution in [2.24, 2.45) is 0 Å². The second kappa shape index (κ2) is 5.27. The first-order valence-electron chi connectivity index (χ1n) is 5.39. The highest BCUT2D eigenvalue weighted by atomic mass is 79.9. The summed E-state index contributed by atoms with van der Waals surface area (Å²) in [5.74, 6) is 0.953. The summed E-state index contributed by atoms with van der Waals surface area (Å²) in [7, 11) is 2.03. The summed E-state index contributed by atoms with van der Waals surface area (Å²) < 4.78 is 1.05. The van der Waals surface area contributed by atoms with E-state index in [9.17, 15) is 0 Å². The number of rotatable bonds is 3. The number of anilines is 1. The second-order valence-corrected chi connectivity index (χ2v) is 4.78. The first-order chi connectivity index (χ1) is 8.18. The number of hydrogen-bond donors (Lipinski definition) is 0. The molecule has 0 fully saturated rings. The predicted molar refractivity (Wildman–Crippen MR) is 73.0 cm³/mol. The molecule has 0 radical (unpaired) electrons. The van der Waals surface area contributed by atoms with Gasteiger partial charge >= 0.3 is 0 Å². The Bertz CT molecular complexity index is 499. The maximum absolute atomic E-state index is 4.39. The van der Waals surface area contributed by atoms with E-state index in [4.69, 9.17) is 0 Å². The smallest absolute Gasteiger partial charge is 0.143 e. The lowest BCUT2D eigenvalue weighted by molar-refractivity contribution is 0.886. The van der Waals surface area contributed by atoms with Crippen LogP contribution in [0.2, 0.25) is 0 Å². The minimum atomic E-state index is 0.795. The fourth-order valence-corrected chi connectivity index (χ4v) is 2.17. The average Bonchev–Trinajstić information content (AvgIpc) is 2.34. The Morgan fingerprint density at radius 3 is 2.82 bits per heavy atom. The van der Waals surface area contributed by atoms with E-state index in [0.29, 0.717) is 0 Å². The molecule has 88 valence electrons. The highest BCUT2D eigenvalue weighted by Gasteiger charge is 2.09. The molecule has 0 aliphatic rings. The molecule has 0 aliphatic carbocycles.